The van der Waals surface area contributed by atoms with Crippen molar-refractivity contribution >= 4 is 23.0 Å². The molecule has 2 atom stereocenters. The van der Waals surface area contributed by atoms with Gasteiger partial charge in [-0.15, -0.1) is 0 Å². The van der Waals surface area contributed by atoms with Gasteiger partial charge in [-0.05, 0) is 86.2 Å². The number of pyridine rings is 2. The van der Waals surface area contributed by atoms with Gasteiger partial charge < -0.3 is 19.5 Å². The van der Waals surface area contributed by atoms with Crippen LogP contribution in [-0.4, -0.2) is 25.8 Å². The molecule has 1 aliphatic heterocycles. The predicted octanol–water partition coefficient (Wildman–Crippen LogP) is 5.29. The second kappa shape index (κ2) is 9.65. The van der Waals surface area contributed by atoms with Crippen molar-refractivity contribution in [2.24, 2.45) is 0 Å². The van der Waals surface area contributed by atoms with Crippen LogP contribution in [0, 0.1) is 0 Å². The van der Waals surface area contributed by atoms with Gasteiger partial charge in [-0.3, -0.25) is 9.97 Å². The molecule has 5 rings (SSSR count). The number of aromatic nitrogens is 3. The monoisotopic (exact) mass is 469 g/mol. The van der Waals surface area contributed by atoms with Crippen molar-refractivity contribution in [3.8, 4) is 5.75 Å². The quantitative estimate of drug-likeness (QED) is 0.371. The third-order valence-corrected chi connectivity index (χ3v) is 6.14. The Hall–Kier alpha value is -3.71. The molecular weight excluding hydrogens is 442 g/mol. The molecule has 4 heterocycles. The smallest absolute Gasteiger partial charge is 0.174 e. The zero-order valence-corrected chi connectivity index (χ0v) is 20.0. The molecule has 0 spiro atoms. The number of ether oxygens (including phenoxy) is 1. The number of hydrogen-bond donors (Lipinski definition) is 1. The first kappa shape index (κ1) is 22.1. The predicted molar refractivity (Wildman–Crippen MR) is 138 cm³/mol. The lowest BCUT2D eigenvalue weighted by atomic mass is 10.0. The van der Waals surface area contributed by atoms with Crippen LogP contribution in [-0.2, 0) is 6.54 Å². The van der Waals surface area contributed by atoms with Gasteiger partial charge in [0.2, 0.25) is 0 Å². The van der Waals surface area contributed by atoms with Crippen LogP contribution < -0.4 is 15.0 Å². The van der Waals surface area contributed by atoms with E-state index in [2.05, 4.69) is 61.3 Å². The molecule has 1 N–H and O–H groups in total. The van der Waals surface area contributed by atoms with Gasteiger partial charge in [0.05, 0.1) is 17.8 Å². The van der Waals surface area contributed by atoms with Gasteiger partial charge in [-0.1, -0.05) is 12.1 Å². The maximum Gasteiger partial charge on any atom is 0.174 e. The number of benzene rings is 1. The molecule has 6 nitrogen and oxygen atoms in total. The number of rotatable bonds is 7. The van der Waals surface area contributed by atoms with E-state index < -0.39 is 0 Å². The summed E-state index contributed by atoms with van der Waals surface area (Å²) in [7, 11) is 0. The average molecular weight is 470 g/mol. The molecule has 0 saturated carbocycles. The van der Waals surface area contributed by atoms with E-state index in [-0.39, 0.29) is 18.2 Å². The molecule has 4 aromatic rings. The second-order valence-electron chi connectivity index (χ2n) is 8.58. The van der Waals surface area contributed by atoms with Crippen molar-refractivity contribution in [3.05, 3.63) is 108 Å². The molecule has 7 heteroatoms. The second-order valence-corrected chi connectivity index (χ2v) is 8.97. The molecule has 0 amide bonds. The summed E-state index contributed by atoms with van der Waals surface area (Å²) < 4.78 is 8.11. The molecule has 0 aliphatic carbocycles. The van der Waals surface area contributed by atoms with Crippen molar-refractivity contribution in [3.63, 3.8) is 0 Å². The third kappa shape index (κ3) is 4.52. The van der Waals surface area contributed by atoms with Crippen molar-refractivity contribution in [2.75, 3.05) is 4.90 Å². The van der Waals surface area contributed by atoms with E-state index in [0.717, 1.165) is 34.9 Å². The number of thiocarbonyl (C=S) groups is 1. The van der Waals surface area contributed by atoms with Gasteiger partial charge in [0.1, 0.15) is 11.8 Å². The number of hydrogen-bond acceptors (Lipinski definition) is 4. The first-order chi connectivity index (χ1) is 16.6. The summed E-state index contributed by atoms with van der Waals surface area (Å²) in [6.07, 6.45) is 7.76. The molecule has 0 radical (unpaired) electrons. The molecular formula is C27H27N5OS. The Morgan fingerprint density at radius 1 is 1.00 bits per heavy atom. The molecule has 3 aromatic heterocycles. The fourth-order valence-electron chi connectivity index (χ4n) is 4.42. The molecule has 1 aliphatic rings. The summed E-state index contributed by atoms with van der Waals surface area (Å²) in [6, 6.07) is 22.2. The highest BCUT2D eigenvalue weighted by Crippen LogP contribution is 2.42. The number of nitrogens with zero attached hydrogens (tertiary/aromatic N) is 4. The fraction of sp³-hybridized carbons (Fsp3) is 0.222. The van der Waals surface area contributed by atoms with E-state index in [0.29, 0.717) is 5.11 Å². The molecule has 1 saturated heterocycles. The van der Waals surface area contributed by atoms with Crippen LogP contribution in [0.15, 0.2) is 91.5 Å². The van der Waals surface area contributed by atoms with Gasteiger partial charge in [0.25, 0.3) is 0 Å². The Morgan fingerprint density at radius 3 is 2.56 bits per heavy atom. The standard InChI is InChI=1S/C27H27N5OS/c1-19(2)33-22-12-10-21(11-13-22)32-26(25(30-27(32)34)23-8-3-4-15-29-23)24-9-6-16-31(24)18-20-7-5-14-28-17-20/h3-17,19,25-26H,18H2,1-2H3,(H,30,34)/t25-,26-/m1/s1. The van der Waals surface area contributed by atoms with Crippen LogP contribution in [0.3, 0.4) is 0 Å². The maximum absolute atomic E-state index is 5.86. The van der Waals surface area contributed by atoms with Crippen LogP contribution in [0.2, 0.25) is 0 Å². The van der Waals surface area contributed by atoms with E-state index in [1.807, 2.05) is 62.6 Å². The van der Waals surface area contributed by atoms with E-state index in [9.17, 15) is 0 Å². The first-order valence-electron chi connectivity index (χ1n) is 11.4. The zero-order valence-electron chi connectivity index (χ0n) is 19.2. The van der Waals surface area contributed by atoms with Crippen LogP contribution in [0.25, 0.3) is 0 Å². The van der Waals surface area contributed by atoms with Gasteiger partial charge in [-0.25, -0.2) is 0 Å². The largest absolute Gasteiger partial charge is 0.491 e. The van der Waals surface area contributed by atoms with Crippen LogP contribution in [0.5, 0.6) is 5.75 Å². The van der Waals surface area contributed by atoms with Crippen LogP contribution in [0.1, 0.15) is 42.9 Å². The summed E-state index contributed by atoms with van der Waals surface area (Å²) in [4.78, 5) is 11.1. The van der Waals surface area contributed by atoms with Gasteiger partial charge in [-0.2, -0.15) is 0 Å². The normalized spacial score (nSPS) is 17.7. The minimum atomic E-state index is -0.0946. The summed E-state index contributed by atoms with van der Waals surface area (Å²) in [5.74, 6) is 0.842. The van der Waals surface area contributed by atoms with E-state index in [1.54, 1.807) is 6.20 Å². The highest BCUT2D eigenvalue weighted by molar-refractivity contribution is 7.80. The number of anilines is 1. The highest BCUT2D eigenvalue weighted by atomic mass is 32.1. The molecule has 1 aromatic carbocycles. The lowest BCUT2D eigenvalue weighted by Gasteiger charge is -2.29. The van der Waals surface area contributed by atoms with Gasteiger partial charge in [0.15, 0.2) is 5.11 Å². The van der Waals surface area contributed by atoms with E-state index in [1.165, 1.54) is 0 Å². The Kier molecular flexibility index (Phi) is 6.27. The van der Waals surface area contributed by atoms with Crippen molar-refractivity contribution in [1.82, 2.24) is 19.9 Å². The average Bonchev–Trinajstić information content (AvgIpc) is 3.44. The van der Waals surface area contributed by atoms with Crippen molar-refractivity contribution in [2.45, 2.75) is 38.6 Å². The number of nitrogens with one attached hydrogen (secondary N) is 1. The minimum absolute atomic E-state index is 0.0778. The van der Waals surface area contributed by atoms with Crippen molar-refractivity contribution in [1.29, 1.82) is 0 Å². The summed E-state index contributed by atoms with van der Waals surface area (Å²) >= 11 is 5.86. The lowest BCUT2D eigenvalue weighted by molar-refractivity contribution is 0.242. The molecule has 172 valence electrons. The van der Waals surface area contributed by atoms with E-state index in [4.69, 9.17) is 17.0 Å². The Balaban J connectivity index is 1.55. The summed E-state index contributed by atoms with van der Waals surface area (Å²) in [6.45, 7) is 4.78. The first-order valence-corrected chi connectivity index (χ1v) is 11.8. The summed E-state index contributed by atoms with van der Waals surface area (Å²) in [5, 5.41) is 4.21. The Morgan fingerprint density at radius 2 is 1.85 bits per heavy atom. The molecule has 0 unspecified atom stereocenters. The zero-order chi connectivity index (χ0) is 23.5. The topological polar surface area (TPSA) is 55.2 Å². The van der Waals surface area contributed by atoms with E-state index >= 15 is 0 Å². The molecule has 1 fully saturated rings. The Labute approximate surface area is 205 Å². The third-order valence-electron chi connectivity index (χ3n) is 5.83. The summed E-state index contributed by atoms with van der Waals surface area (Å²) in [5.41, 5.74) is 4.25. The lowest BCUT2D eigenvalue weighted by Crippen LogP contribution is -2.30. The van der Waals surface area contributed by atoms with Crippen molar-refractivity contribution < 1.29 is 4.74 Å². The van der Waals surface area contributed by atoms with Crippen LogP contribution in [0.4, 0.5) is 5.69 Å². The highest BCUT2D eigenvalue weighted by Gasteiger charge is 2.42. The van der Waals surface area contributed by atoms with Gasteiger partial charge >= 0.3 is 0 Å². The molecule has 34 heavy (non-hydrogen) atoms. The van der Waals surface area contributed by atoms with Gasteiger partial charge in [0, 0.05) is 42.7 Å². The minimum Gasteiger partial charge on any atom is -0.491 e. The Bertz CT molecular complexity index is 1240. The molecule has 0 bridgehead atoms. The maximum atomic E-state index is 5.86. The van der Waals surface area contributed by atoms with Crippen LogP contribution >= 0.6 is 12.2 Å². The SMILES string of the molecule is CC(C)Oc1ccc(N2C(=S)N[C@H](c3ccccn3)[C@H]2c2cccn2Cc2cccnc2)cc1. The fourth-order valence-corrected chi connectivity index (χ4v) is 4.76.